The van der Waals surface area contributed by atoms with Gasteiger partial charge >= 0.3 is 0 Å². The number of hydrogen-bond donors (Lipinski definition) is 0. The summed E-state index contributed by atoms with van der Waals surface area (Å²) in [6.45, 7) is 5.40. The SMILES string of the molecule is Cc1cccnc1CN1CCC2(CC1)CCN(c1ccc(-c3ccccc3)cc1C#N)C2=O. The molecule has 2 saturated heterocycles. The van der Waals surface area contributed by atoms with Gasteiger partial charge in [-0.15, -0.1) is 0 Å². The van der Waals surface area contributed by atoms with Gasteiger partial charge in [-0.2, -0.15) is 5.26 Å². The molecule has 0 atom stereocenters. The van der Waals surface area contributed by atoms with E-state index in [4.69, 9.17) is 0 Å². The lowest BCUT2D eigenvalue weighted by Crippen LogP contribution is -2.44. The van der Waals surface area contributed by atoms with Gasteiger partial charge in [0.1, 0.15) is 6.07 Å². The molecular formula is C28H28N4O. The molecule has 3 aromatic rings. The van der Waals surface area contributed by atoms with Crippen LogP contribution in [-0.2, 0) is 11.3 Å². The number of carbonyl (C=O) groups excluding carboxylic acids is 1. The molecule has 1 amide bonds. The topological polar surface area (TPSA) is 60.2 Å². The maximum Gasteiger partial charge on any atom is 0.233 e. The van der Waals surface area contributed by atoms with E-state index in [1.54, 1.807) is 0 Å². The Kier molecular flexibility index (Phi) is 5.70. The molecule has 5 rings (SSSR count). The second-order valence-electron chi connectivity index (χ2n) is 9.24. The van der Waals surface area contributed by atoms with Crippen molar-refractivity contribution in [2.24, 2.45) is 5.41 Å². The maximum atomic E-state index is 13.6. The predicted molar refractivity (Wildman–Crippen MR) is 129 cm³/mol. The van der Waals surface area contributed by atoms with E-state index in [2.05, 4.69) is 28.9 Å². The van der Waals surface area contributed by atoms with E-state index < -0.39 is 0 Å². The highest BCUT2D eigenvalue weighted by molar-refractivity contribution is 6.01. The quantitative estimate of drug-likeness (QED) is 0.581. The molecule has 2 aliphatic rings. The minimum Gasteiger partial charge on any atom is -0.311 e. The summed E-state index contributed by atoms with van der Waals surface area (Å²) in [5.74, 6) is 0.181. The van der Waals surface area contributed by atoms with Crippen LogP contribution in [0.1, 0.15) is 36.1 Å². The van der Waals surface area contributed by atoms with Crippen molar-refractivity contribution in [2.75, 3.05) is 24.5 Å². The zero-order valence-electron chi connectivity index (χ0n) is 19.0. The number of carbonyl (C=O) groups is 1. The van der Waals surface area contributed by atoms with Crippen LogP contribution in [0.2, 0.25) is 0 Å². The Labute approximate surface area is 195 Å². The van der Waals surface area contributed by atoms with Crippen molar-refractivity contribution in [3.8, 4) is 17.2 Å². The number of amides is 1. The molecule has 0 unspecified atom stereocenters. The van der Waals surface area contributed by atoms with E-state index in [1.165, 1.54) is 5.56 Å². The third kappa shape index (κ3) is 4.03. The fraction of sp³-hybridized carbons (Fsp3) is 0.321. The Morgan fingerprint density at radius 3 is 2.45 bits per heavy atom. The van der Waals surface area contributed by atoms with Crippen LogP contribution in [0, 0.1) is 23.7 Å². The van der Waals surface area contributed by atoms with E-state index in [0.29, 0.717) is 12.1 Å². The molecule has 1 spiro atoms. The molecule has 0 aliphatic carbocycles. The predicted octanol–water partition coefficient (Wildman–Crippen LogP) is 4.95. The lowest BCUT2D eigenvalue weighted by atomic mass is 9.77. The first-order valence-corrected chi connectivity index (χ1v) is 11.6. The molecule has 1 aromatic heterocycles. The number of piperidine rings is 1. The monoisotopic (exact) mass is 436 g/mol. The lowest BCUT2D eigenvalue weighted by Gasteiger charge is -2.38. The molecule has 166 valence electrons. The van der Waals surface area contributed by atoms with Gasteiger partial charge < -0.3 is 4.90 Å². The summed E-state index contributed by atoms with van der Waals surface area (Å²) in [6.07, 6.45) is 4.42. The van der Waals surface area contributed by atoms with E-state index in [9.17, 15) is 10.1 Å². The van der Waals surface area contributed by atoms with Crippen molar-refractivity contribution in [3.05, 3.63) is 83.7 Å². The van der Waals surface area contributed by atoms with Crippen LogP contribution >= 0.6 is 0 Å². The summed E-state index contributed by atoms with van der Waals surface area (Å²) >= 11 is 0. The Hall–Kier alpha value is -3.49. The second-order valence-corrected chi connectivity index (χ2v) is 9.24. The molecule has 0 bridgehead atoms. The zero-order chi connectivity index (χ0) is 22.8. The Balaban J connectivity index is 1.31. The fourth-order valence-electron chi connectivity index (χ4n) is 5.22. The number of nitrogens with zero attached hydrogens (tertiary/aromatic N) is 4. The molecule has 33 heavy (non-hydrogen) atoms. The van der Waals surface area contributed by atoms with Crippen LogP contribution in [-0.4, -0.2) is 35.4 Å². The van der Waals surface area contributed by atoms with Gasteiger partial charge in [-0.25, -0.2) is 0 Å². The minimum absolute atomic E-state index is 0.181. The molecule has 0 N–H and O–H groups in total. The van der Waals surface area contributed by atoms with Gasteiger partial charge in [0.2, 0.25) is 5.91 Å². The van der Waals surface area contributed by atoms with Crippen molar-refractivity contribution in [1.29, 1.82) is 5.26 Å². The Morgan fingerprint density at radius 2 is 1.73 bits per heavy atom. The normalized spacial score (nSPS) is 17.9. The molecule has 0 radical (unpaired) electrons. The van der Waals surface area contributed by atoms with Crippen LogP contribution in [0.25, 0.3) is 11.1 Å². The molecule has 2 fully saturated rings. The number of rotatable bonds is 4. The lowest BCUT2D eigenvalue weighted by molar-refractivity contribution is -0.128. The summed E-state index contributed by atoms with van der Waals surface area (Å²) in [7, 11) is 0. The minimum atomic E-state index is -0.305. The number of benzene rings is 2. The molecule has 5 heteroatoms. The second kappa shape index (κ2) is 8.80. The number of pyridine rings is 1. The molecule has 5 nitrogen and oxygen atoms in total. The van der Waals surface area contributed by atoms with Gasteiger partial charge in [-0.05, 0) is 74.2 Å². The van der Waals surface area contributed by atoms with Crippen LogP contribution in [0.3, 0.4) is 0 Å². The highest BCUT2D eigenvalue weighted by Crippen LogP contribution is 2.44. The highest BCUT2D eigenvalue weighted by atomic mass is 16.2. The molecular weight excluding hydrogens is 408 g/mol. The fourth-order valence-corrected chi connectivity index (χ4v) is 5.22. The van der Waals surface area contributed by atoms with Gasteiger partial charge in [0.25, 0.3) is 0 Å². The van der Waals surface area contributed by atoms with E-state index in [-0.39, 0.29) is 11.3 Å². The van der Waals surface area contributed by atoms with Gasteiger partial charge in [0.05, 0.1) is 22.4 Å². The van der Waals surface area contributed by atoms with Gasteiger partial charge in [0.15, 0.2) is 0 Å². The standard InChI is InChI=1S/C28H28N4O/c1-21-6-5-14-30-25(21)20-31-15-11-28(12-16-31)13-17-32(27(28)33)26-10-9-23(18-24(26)19-29)22-7-3-2-4-8-22/h2-10,14,18H,11-13,15-17,20H2,1H3. The van der Waals surface area contributed by atoms with Crippen molar-refractivity contribution in [1.82, 2.24) is 9.88 Å². The number of aromatic nitrogens is 1. The van der Waals surface area contributed by atoms with E-state index in [0.717, 1.165) is 61.4 Å². The molecule has 2 aromatic carbocycles. The summed E-state index contributed by atoms with van der Waals surface area (Å²) in [6, 6.07) is 22.3. The first kappa shape index (κ1) is 21.4. The van der Waals surface area contributed by atoms with Crippen molar-refractivity contribution < 1.29 is 4.79 Å². The van der Waals surface area contributed by atoms with Gasteiger partial charge in [0, 0.05) is 19.3 Å². The third-order valence-electron chi connectivity index (χ3n) is 7.33. The average molecular weight is 437 g/mol. The van der Waals surface area contributed by atoms with Gasteiger partial charge in [-0.1, -0.05) is 42.5 Å². The van der Waals surface area contributed by atoms with Crippen molar-refractivity contribution in [2.45, 2.75) is 32.7 Å². The average Bonchev–Trinajstić information content (AvgIpc) is 3.17. The van der Waals surface area contributed by atoms with Crippen LogP contribution in [0.15, 0.2) is 66.9 Å². The maximum absolute atomic E-state index is 13.6. The van der Waals surface area contributed by atoms with Crippen molar-refractivity contribution in [3.63, 3.8) is 0 Å². The van der Waals surface area contributed by atoms with E-state index >= 15 is 0 Å². The summed E-state index contributed by atoms with van der Waals surface area (Å²) < 4.78 is 0. The van der Waals surface area contributed by atoms with Crippen LogP contribution in [0.5, 0.6) is 0 Å². The smallest absolute Gasteiger partial charge is 0.233 e. The molecule has 2 aliphatic heterocycles. The molecule has 0 saturated carbocycles. The number of nitriles is 1. The first-order chi connectivity index (χ1) is 16.1. The largest absolute Gasteiger partial charge is 0.311 e. The van der Waals surface area contributed by atoms with Gasteiger partial charge in [-0.3, -0.25) is 14.7 Å². The number of hydrogen-bond acceptors (Lipinski definition) is 4. The number of anilines is 1. The number of likely N-dealkylation sites (tertiary alicyclic amines) is 1. The molecule has 3 heterocycles. The summed E-state index contributed by atoms with van der Waals surface area (Å²) in [4.78, 5) is 22.4. The summed E-state index contributed by atoms with van der Waals surface area (Å²) in [5, 5.41) is 9.83. The van der Waals surface area contributed by atoms with Crippen molar-refractivity contribution >= 4 is 11.6 Å². The number of aryl methyl sites for hydroxylation is 1. The summed E-state index contributed by atoms with van der Waals surface area (Å²) in [5.41, 5.74) is 5.39. The first-order valence-electron chi connectivity index (χ1n) is 11.6. The Bertz CT molecular complexity index is 1210. The van der Waals surface area contributed by atoms with E-state index in [1.807, 2.05) is 65.7 Å². The van der Waals surface area contributed by atoms with Crippen LogP contribution in [0.4, 0.5) is 5.69 Å². The van der Waals surface area contributed by atoms with Crippen LogP contribution < -0.4 is 4.90 Å². The third-order valence-corrected chi connectivity index (χ3v) is 7.33. The Morgan fingerprint density at radius 1 is 0.970 bits per heavy atom. The highest BCUT2D eigenvalue weighted by Gasteiger charge is 2.48. The zero-order valence-corrected chi connectivity index (χ0v) is 19.0.